The van der Waals surface area contributed by atoms with Crippen molar-refractivity contribution < 1.29 is 13.5 Å². The summed E-state index contributed by atoms with van der Waals surface area (Å²) < 4.78 is 21.9. The van der Waals surface area contributed by atoms with Gasteiger partial charge in [-0.2, -0.15) is 0 Å². The monoisotopic (exact) mass is 178 g/mol. The van der Waals surface area contributed by atoms with Crippen LogP contribution in [0, 0.1) is 5.92 Å². The molecule has 0 bridgehead atoms. The van der Waals surface area contributed by atoms with Gasteiger partial charge in [0, 0.05) is 6.61 Å². The van der Waals surface area contributed by atoms with Crippen molar-refractivity contribution >= 4 is 9.84 Å². The van der Waals surface area contributed by atoms with Crippen molar-refractivity contribution in [2.75, 3.05) is 18.1 Å². The van der Waals surface area contributed by atoms with Crippen LogP contribution in [0.25, 0.3) is 0 Å². The topological polar surface area (TPSA) is 54.4 Å². The maximum absolute atomic E-state index is 10.9. The Bertz CT molecular complexity index is 208. The molecule has 0 amide bonds. The molecular weight excluding hydrogens is 164 g/mol. The molecule has 1 aliphatic rings. The van der Waals surface area contributed by atoms with Crippen LogP contribution in [-0.2, 0) is 9.84 Å². The largest absolute Gasteiger partial charge is 0.396 e. The first-order valence-corrected chi connectivity index (χ1v) is 5.77. The summed E-state index contributed by atoms with van der Waals surface area (Å²) in [5.41, 5.74) is 0. The van der Waals surface area contributed by atoms with Crippen molar-refractivity contribution in [2.24, 2.45) is 5.92 Å². The van der Waals surface area contributed by atoms with E-state index in [2.05, 4.69) is 0 Å². The van der Waals surface area contributed by atoms with E-state index in [1.165, 1.54) is 0 Å². The molecule has 0 aromatic heterocycles. The number of rotatable bonds is 3. The van der Waals surface area contributed by atoms with Crippen molar-refractivity contribution in [2.45, 2.75) is 19.3 Å². The zero-order chi connectivity index (χ0) is 8.32. The van der Waals surface area contributed by atoms with Crippen LogP contribution in [0.4, 0.5) is 0 Å². The van der Waals surface area contributed by atoms with Gasteiger partial charge in [-0.1, -0.05) is 0 Å². The van der Waals surface area contributed by atoms with Gasteiger partial charge in [0.2, 0.25) is 0 Å². The summed E-state index contributed by atoms with van der Waals surface area (Å²) in [6.07, 6.45) is 2.39. The number of aliphatic hydroxyl groups excluding tert-OH is 1. The van der Waals surface area contributed by atoms with Gasteiger partial charge >= 0.3 is 0 Å². The minimum Gasteiger partial charge on any atom is -0.396 e. The fourth-order valence-electron chi connectivity index (χ4n) is 1.48. The normalized spacial score (nSPS) is 29.0. The molecule has 0 radical (unpaired) electrons. The zero-order valence-electron chi connectivity index (χ0n) is 6.49. The summed E-state index contributed by atoms with van der Waals surface area (Å²) in [5.74, 6) is 1.00. The average Bonchev–Trinajstić information content (AvgIpc) is 2.26. The maximum atomic E-state index is 10.9. The highest BCUT2D eigenvalue weighted by Crippen LogP contribution is 2.22. The lowest BCUT2D eigenvalue weighted by atomic mass is 10.0. The summed E-state index contributed by atoms with van der Waals surface area (Å²) in [4.78, 5) is 0. The number of sulfone groups is 1. The summed E-state index contributed by atoms with van der Waals surface area (Å²) >= 11 is 0. The molecular formula is C7H14O3S. The molecule has 4 heteroatoms. The van der Waals surface area contributed by atoms with Crippen LogP contribution in [-0.4, -0.2) is 31.6 Å². The third-order valence-corrected chi connectivity index (χ3v) is 3.93. The van der Waals surface area contributed by atoms with Gasteiger partial charge in [-0.05, 0) is 25.2 Å². The first-order valence-electron chi connectivity index (χ1n) is 3.95. The van der Waals surface area contributed by atoms with E-state index >= 15 is 0 Å². The van der Waals surface area contributed by atoms with E-state index in [0.29, 0.717) is 17.4 Å². The molecule has 1 atom stereocenters. The minimum atomic E-state index is -2.71. The van der Waals surface area contributed by atoms with E-state index in [1.54, 1.807) is 0 Å². The summed E-state index contributed by atoms with van der Waals surface area (Å²) in [6, 6.07) is 0. The predicted octanol–water partition coefficient (Wildman–Crippen LogP) is 0.194. The van der Waals surface area contributed by atoms with Crippen LogP contribution >= 0.6 is 0 Å². The molecule has 11 heavy (non-hydrogen) atoms. The van der Waals surface area contributed by atoms with Gasteiger partial charge in [0.15, 0.2) is 9.84 Å². The molecule has 1 fully saturated rings. The zero-order valence-corrected chi connectivity index (χ0v) is 7.31. The molecule has 1 rings (SSSR count). The van der Waals surface area contributed by atoms with E-state index in [-0.39, 0.29) is 6.61 Å². The fourth-order valence-corrected chi connectivity index (χ4v) is 3.39. The van der Waals surface area contributed by atoms with E-state index in [0.717, 1.165) is 19.3 Å². The molecule has 1 unspecified atom stereocenters. The van der Waals surface area contributed by atoms with Crippen molar-refractivity contribution in [3.05, 3.63) is 0 Å². The lowest BCUT2D eigenvalue weighted by Gasteiger charge is -2.03. The Labute approximate surface area is 67.3 Å². The van der Waals surface area contributed by atoms with E-state index in [1.807, 2.05) is 0 Å². The molecule has 0 aromatic rings. The highest BCUT2D eigenvalue weighted by atomic mass is 32.2. The Balaban J connectivity index is 2.31. The molecule has 0 aliphatic carbocycles. The van der Waals surface area contributed by atoms with Gasteiger partial charge in [-0.15, -0.1) is 0 Å². The Morgan fingerprint density at radius 1 is 1.45 bits per heavy atom. The van der Waals surface area contributed by atoms with Gasteiger partial charge in [0.05, 0.1) is 11.5 Å². The molecule has 1 heterocycles. The van der Waals surface area contributed by atoms with Crippen LogP contribution in [0.3, 0.4) is 0 Å². The number of aliphatic hydroxyl groups is 1. The molecule has 3 nitrogen and oxygen atoms in total. The SMILES string of the molecule is O=S1(=O)CCC(CCCO)C1. The van der Waals surface area contributed by atoms with Crippen LogP contribution < -0.4 is 0 Å². The second-order valence-electron chi connectivity index (χ2n) is 3.13. The van der Waals surface area contributed by atoms with Crippen molar-refractivity contribution in [3.63, 3.8) is 0 Å². The molecule has 1 aliphatic heterocycles. The Hall–Kier alpha value is -0.0900. The van der Waals surface area contributed by atoms with Crippen LogP contribution in [0.1, 0.15) is 19.3 Å². The van der Waals surface area contributed by atoms with Crippen LogP contribution in [0.5, 0.6) is 0 Å². The molecule has 0 spiro atoms. The van der Waals surface area contributed by atoms with Gasteiger partial charge in [0.25, 0.3) is 0 Å². The molecule has 0 aromatic carbocycles. The maximum Gasteiger partial charge on any atom is 0.150 e. The van der Waals surface area contributed by atoms with Gasteiger partial charge in [-0.25, -0.2) is 8.42 Å². The Morgan fingerprint density at radius 2 is 2.18 bits per heavy atom. The van der Waals surface area contributed by atoms with Crippen LogP contribution in [0.2, 0.25) is 0 Å². The minimum absolute atomic E-state index is 0.177. The van der Waals surface area contributed by atoms with Crippen molar-refractivity contribution in [1.82, 2.24) is 0 Å². The molecule has 0 saturated carbocycles. The fraction of sp³-hybridized carbons (Fsp3) is 1.00. The van der Waals surface area contributed by atoms with Crippen molar-refractivity contribution in [1.29, 1.82) is 0 Å². The standard InChI is InChI=1S/C7H14O3S/c8-4-1-2-7-3-5-11(9,10)6-7/h7-8H,1-6H2. The summed E-state index contributed by atoms with van der Waals surface area (Å²) in [7, 11) is -2.71. The molecule has 1 saturated heterocycles. The first-order chi connectivity index (χ1) is 5.14. The Morgan fingerprint density at radius 3 is 2.64 bits per heavy atom. The predicted molar refractivity (Wildman–Crippen MR) is 43.1 cm³/mol. The second-order valence-corrected chi connectivity index (χ2v) is 5.36. The highest BCUT2D eigenvalue weighted by molar-refractivity contribution is 7.91. The quantitative estimate of drug-likeness (QED) is 0.671. The first kappa shape index (κ1) is 9.00. The second kappa shape index (κ2) is 3.54. The van der Waals surface area contributed by atoms with Crippen molar-refractivity contribution in [3.8, 4) is 0 Å². The Kier molecular flexibility index (Phi) is 2.90. The number of hydrogen-bond donors (Lipinski definition) is 1. The molecule has 66 valence electrons. The number of hydrogen-bond acceptors (Lipinski definition) is 3. The van der Waals surface area contributed by atoms with Gasteiger partial charge in [0.1, 0.15) is 0 Å². The summed E-state index contributed by atoms with van der Waals surface area (Å²) in [6.45, 7) is 0.177. The lowest BCUT2D eigenvalue weighted by Crippen LogP contribution is -2.05. The van der Waals surface area contributed by atoms with Gasteiger partial charge < -0.3 is 5.11 Å². The average molecular weight is 178 g/mol. The molecule has 1 N–H and O–H groups in total. The van der Waals surface area contributed by atoms with Gasteiger partial charge in [-0.3, -0.25) is 0 Å². The van der Waals surface area contributed by atoms with E-state index < -0.39 is 9.84 Å². The van der Waals surface area contributed by atoms with E-state index in [4.69, 9.17) is 5.11 Å². The van der Waals surface area contributed by atoms with E-state index in [9.17, 15) is 8.42 Å². The summed E-state index contributed by atoms with van der Waals surface area (Å²) in [5, 5.41) is 8.51. The highest BCUT2D eigenvalue weighted by Gasteiger charge is 2.26. The van der Waals surface area contributed by atoms with Crippen LogP contribution in [0.15, 0.2) is 0 Å². The third-order valence-electron chi connectivity index (χ3n) is 2.10. The third kappa shape index (κ3) is 2.79. The smallest absolute Gasteiger partial charge is 0.150 e. The lowest BCUT2D eigenvalue weighted by molar-refractivity contribution is 0.274.